The zero-order valence-electron chi connectivity index (χ0n) is 14.6. The van der Waals surface area contributed by atoms with Crippen molar-refractivity contribution in [1.82, 2.24) is 16.0 Å². The Bertz CT molecular complexity index is 773. The molecule has 0 aromatic heterocycles. The Labute approximate surface area is 146 Å². The molecule has 2 amide bonds. The minimum absolute atomic E-state index is 0.166. The lowest BCUT2D eigenvalue weighted by Gasteiger charge is -2.31. The first-order chi connectivity index (χ1) is 12.0. The fraction of sp³-hybridized carbons (Fsp3) is 0.333. The average Bonchev–Trinajstić information content (AvgIpc) is 3.07. The maximum absolute atomic E-state index is 12.5. The highest BCUT2D eigenvalue weighted by molar-refractivity contribution is 6.03. The molecule has 7 heteroatoms. The molecule has 3 N–H and O–H groups in total. The Balaban J connectivity index is 2.18. The van der Waals surface area contributed by atoms with Crippen LogP contribution < -0.4 is 25.4 Å². The SMILES string of the molecule is CNC(=O)C1=C(C)NC(C)=C(C(=O)NC)C1c1ccc2c(c1)OCO2. The molecule has 7 nitrogen and oxygen atoms in total. The molecule has 0 unspecified atom stereocenters. The summed E-state index contributed by atoms with van der Waals surface area (Å²) in [5.74, 6) is 0.291. The molecule has 25 heavy (non-hydrogen) atoms. The van der Waals surface area contributed by atoms with Gasteiger partial charge >= 0.3 is 0 Å². The highest BCUT2D eigenvalue weighted by Crippen LogP contribution is 2.42. The van der Waals surface area contributed by atoms with Gasteiger partial charge in [0, 0.05) is 42.6 Å². The van der Waals surface area contributed by atoms with Gasteiger partial charge in [0.15, 0.2) is 11.5 Å². The van der Waals surface area contributed by atoms with Crippen molar-refractivity contribution in [2.75, 3.05) is 20.9 Å². The quantitative estimate of drug-likeness (QED) is 0.766. The van der Waals surface area contributed by atoms with Crippen molar-refractivity contribution < 1.29 is 19.1 Å². The molecule has 1 aromatic carbocycles. The summed E-state index contributed by atoms with van der Waals surface area (Å²) in [6.45, 7) is 3.82. The Kier molecular flexibility index (Phi) is 4.39. The number of dihydropyridines is 1. The molecule has 0 saturated heterocycles. The van der Waals surface area contributed by atoms with Crippen LogP contribution in [-0.2, 0) is 9.59 Å². The minimum atomic E-state index is -0.504. The van der Waals surface area contributed by atoms with Gasteiger partial charge in [0.2, 0.25) is 18.6 Å². The number of benzene rings is 1. The van der Waals surface area contributed by atoms with Crippen molar-refractivity contribution in [3.05, 3.63) is 46.3 Å². The van der Waals surface area contributed by atoms with Crippen molar-refractivity contribution in [3.8, 4) is 11.5 Å². The third kappa shape index (κ3) is 2.82. The van der Waals surface area contributed by atoms with E-state index in [1.165, 1.54) is 0 Å². The lowest BCUT2D eigenvalue weighted by Crippen LogP contribution is -2.37. The summed E-state index contributed by atoms with van der Waals surface area (Å²) in [4.78, 5) is 25.1. The number of nitrogens with one attached hydrogen (secondary N) is 3. The van der Waals surface area contributed by atoms with Crippen molar-refractivity contribution in [1.29, 1.82) is 0 Å². The number of likely N-dealkylation sites (N-methyl/N-ethyl adjacent to an activating group) is 2. The number of fused-ring (bicyclic) bond motifs is 1. The van der Waals surface area contributed by atoms with Crippen molar-refractivity contribution in [3.63, 3.8) is 0 Å². The van der Waals surface area contributed by atoms with E-state index in [1.807, 2.05) is 26.0 Å². The third-order valence-electron chi connectivity index (χ3n) is 4.43. The summed E-state index contributed by atoms with van der Waals surface area (Å²) in [7, 11) is 3.15. The molecule has 0 spiro atoms. The Hall–Kier alpha value is -2.96. The van der Waals surface area contributed by atoms with Gasteiger partial charge < -0.3 is 25.4 Å². The van der Waals surface area contributed by atoms with Gasteiger partial charge in [0.1, 0.15) is 0 Å². The molecule has 2 aliphatic rings. The van der Waals surface area contributed by atoms with E-state index in [2.05, 4.69) is 16.0 Å². The fourth-order valence-electron chi connectivity index (χ4n) is 3.29. The molecule has 3 rings (SSSR count). The van der Waals surface area contributed by atoms with Crippen LogP contribution in [0, 0.1) is 0 Å². The van der Waals surface area contributed by atoms with Gasteiger partial charge in [-0.3, -0.25) is 9.59 Å². The monoisotopic (exact) mass is 343 g/mol. The Morgan fingerprint density at radius 2 is 1.56 bits per heavy atom. The first-order valence-corrected chi connectivity index (χ1v) is 8.00. The molecule has 0 atom stereocenters. The van der Waals surface area contributed by atoms with Crippen LogP contribution in [0.4, 0.5) is 0 Å². The van der Waals surface area contributed by atoms with Gasteiger partial charge in [0.25, 0.3) is 0 Å². The summed E-state index contributed by atoms with van der Waals surface area (Å²) in [6.07, 6.45) is 0. The molecule has 0 fully saturated rings. The highest BCUT2D eigenvalue weighted by atomic mass is 16.7. The molecule has 0 bridgehead atoms. The van der Waals surface area contributed by atoms with Crippen LogP contribution in [0.1, 0.15) is 25.3 Å². The van der Waals surface area contributed by atoms with E-state index >= 15 is 0 Å². The smallest absolute Gasteiger partial charge is 0.249 e. The summed E-state index contributed by atoms with van der Waals surface area (Å²) in [6, 6.07) is 5.48. The van der Waals surface area contributed by atoms with Gasteiger partial charge in [-0.2, -0.15) is 0 Å². The summed E-state index contributed by atoms with van der Waals surface area (Å²) < 4.78 is 10.8. The van der Waals surface area contributed by atoms with Crippen molar-refractivity contribution in [2.24, 2.45) is 0 Å². The summed E-state index contributed by atoms with van der Waals surface area (Å²) >= 11 is 0. The largest absolute Gasteiger partial charge is 0.454 e. The van der Waals surface area contributed by atoms with Crippen LogP contribution in [0.15, 0.2) is 40.7 Å². The molecule has 2 heterocycles. The van der Waals surface area contributed by atoms with E-state index in [-0.39, 0.29) is 18.6 Å². The predicted octanol–water partition coefficient (Wildman–Crippen LogP) is 1.14. The first kappa shape index (κ1) is 16.9. The van der Waals surface area contributed by atoms with E-state index in [1.54, 1.807) is 20.2 Å². The standard InChI is InChI=1S/C18H21N3O4/c1-9-14(17(22)19-3)16(15(10(2)21-9)18(23)20-4)11-5-6-12-13(7-11)25-8-24-12/h5-7,16,21H,8H2,1-4H3,(H,19,22)(H,20,23). The number of hydrogen-bond donors (Lipinski definition) is 3. The number of carbonyl (C=O) groups excluding carboxylic acids is 2. The summed E-state index contributed by atoms with van der Waals surface area (Å²) in [5, 5.41) is 8.47. The topological polar surface area (TPSA) is 88.7 Å². The van der Waals surface area contributed by atoms with Gasteiger partial charge in [-0.1, -0.05) is 6.07 Å². The van der Waals surface area contributed by atoms with Crippen LogP contribution in [0.2, 0.25) is 0 Å². The highest BCUT2D eigenvalue weighted by Gasteiger charge is 2.36. The maximum atomic E-state index is 12.5. The van der Waals surface area contributed by atoms with Crippen LogP contribution >= 0.6 is 0 Å². The molecule has 0 aliphatic carbocycles. The number of hydrogen-bond acceptors (Lipinski definition) is 5. The average molecular weight is 343 g/mol. The second-order valence-corrected chi connectivity index (χ2v) is 5.91. The van der Waals surface area contributed by atoms with Gasteiger partial charge in [-0.15, -0.1) is 0 Å². The number of rotatable bonds is 3. The lowest BCUT2D eigenvalue weighted by molar-refractivity contribution is -0.117. The Morgan fingerprint density at radius 1 is 1.00 bits per heavy atom. The Morgan fingerprint density at radius 3 is 2.12 bits per heavy atom. The molecular formula is C18H21N3O4. The second kappa shape index (κ2) is 6.51. The molecule has 1 aromatic rings. The van der Waals surface area contributed by atoms with Crippen LogP contribution in [0.3, 0.4) is 0 Å². The van der Waals surface area contributed by atoms with E-state index in [4.69, 9.17) is 9.47 Å². The van der Waals surface area contributed by atoms with Crippen molar-refractivity contribution >= 4 is 11.8 Å². The number of amides is 2. The van der Waals surface area contributed by atoms with E-state index in [9.17, 15) is 9.59 Å². The molecular weight excluding hydrogens is 322 g/mol. The van der Waals surface area contributed by atoms with Crippen LogP contribution in [0.5, 0.6) is 11.5 Å². The predicted molar refractivity (Wildman–Crippen MR) is 92.0 cm³/mol. The zero-order chi connectivity index (χ0) is 18.1. The molecule has 0 radical (unpaired) electrons. The first-order valence-electron chi connectivity index (χ1n) is 8.00. The lowest BCUT2D eigenvalue weighted by atomic mass is 9.79. The van der Waals surface area contributed by atoms with Crippen molar-refractivity contribution in [2.45, 2.75) is 19.8 Å². The number of carbonyl (C=O) groups is 2. The van der Waals surface area contributed by atoms with Gasteiger partial charge in [-0.05, 0) is 31.5 Å². The normalized spacial score (nSPS) is 16.6. The van der Waals surface area contributed by atoms with Crippen LogP contribution in [-0.4, -0.2) is 32.7 Å². The van der Waals surface area contributed by atoms with Gasteiger partial charge in [-0.25, -0.2) is 0 Å². The zero-order valence-corrected chi connectivity index (χ0v) is 14.6. The minimum Gasteiger partial charge on any atom is -0.454 e. The molecule has 132 valence electrons. The molecule has 2 aliphatic heterocycles. The number of allylic oxidation sites excluding steroid dienone is 2. The third-order valence-corrected chi connectivity index (χ3v) is 4.43. The summed E-state index contributed by atoms with van der Waals surface area (Å²) in [5.41, 5.74) is 3.23. The molecule has 0 saturated carbocycles. The van der Waals surface area contributed by atoms with Gasteiger partial charge in [0.05, 0.1) is 0 Å². The number of ether oxygens (including phenoxy) is 2. The van der Waals surface area contributed by atoms with E-state index < -0.39 is 5.92 Å². The maximum Gasteiger partial charge on any atom is 0.249 e. The van der Waals surface area contributed by atoms with Crippen LogP contribution in [0.25, 0.3) is 0 Å². The second-order valence-electron chi connectivity index (χ2n) is 5.91. The van der Waals surface area contributed by atoms with E-state index in [0.717, 1.165) is 5.56 Å². The fourth-order valence-corrected chi connectivity index (χ4v) is 3.29. The van der Waals surface area contributed by atoms with E-state index in [0.29, 0.717) is 34.0 Å².